The number of carbonyl (C=O) groups excluding carboxylic acids is 2. The summed E-state index contributed by atoms with van der Waals surface area (Å²) >= 11 is 0. The van der Waals surface area contributed by atoms with Gasteiger partial charge in [0, 0.05) is 26.7 Å². The van der Waals surface area contributed by atoms with Crippen molar-refractivity contribution >= 4 is 11.8 Å². The molecule has 0 radical (unpaired) electrons. The zero-order valence-corrected chi connectivity index (χ0v) is 20.3. The normalized spacial score (nSPS) is 16.1. The molecule has 2 aromatic carbocycles. The minimum atomic E-state index is -0.298. The molecule has 1 aliphatic heterocycles. The molecule has 9 nitrogen and oxygen atoms in total. The average molecular weight is 473 g/mol. The van der Waals surface area contributed by atoms with Gasteiger partial charge in [-0.25, -0.2) is 0 Å². The van der Waals surface area contributed by atoms with Gasteiger partial charge in [-0.15, -0.1) is 0 Å². The third-order valence-electron chi connectivity index (χ3n) is 5.83. The lowest BCUT2D eigenvalue weighted by Crippen LogP contribution is -2.40. The molecule has 9 heteroatoms. The lowest BCUT2D eigenvalue weighted by Gasteiger charge is -2.23. The first kappa shape index (κ1) is 25.2. The van der Waals surface area contributed by atoms with E-state index in [9.17, 15) is 9.59 Å². The Morgan fingerprint density at radius 3 is 2.06 bits per heavy atom. The van der Waals surface area contributed by atoms with E-state index in [1.807, 2.05) is 24.3 Å². The molecule has 0 bridgehead atoms. The van der Waals surface area contributed by atoms with E-state index in [1.165, 1.54) is 21.3 Å². The molecule has 1 heterocycles. The first-order valence-electron chi connectivity index (χ1n) is 10.9. The number of amides is 2. The van der Waals surface area contributed by atoms with Crippen LogP contribution in [0.15, 0.2) is 36.4 Å². The Kier molecular flexibility index (Phi) is 8.59. The van der Waals surface area contributed by atoms with Crippen molar-refractivity contribution in [1.29, 1.82) is 0 Å². The van der Waals surface area contributed by atoms with Crippen molar-refractivity contribution in [2.45, 2.75) is 19.1 Å². The van der Waals surface area contributed by atoms with Gasteiger partial charge in [0.1, 0.15) is 5.75 Å². The largest absolute Gasteiger partial charge is 0.497 e. The highest BCUT2D eigenvalue weighted by atomic mass is 16.5. The molecular weight excluding hydrogens is 440 g/mol. The second-order valence-corrected chi connectivity index (χ2v) is 7.96. The van der Waals surface area contributed by atoms with E-state index in [0.717, 1.165) is 11.3 Å². The van der Waals surface area contributed by atoms with Gasteiger partial charge in [-0.1, -0.05) is 12.1 Å². The number of hydrogen-bond acceptors (Lipinski definition) is 7. The number of methoxy groups -OCH3 is 5. The molecule has 34 heavy (non-hydrogen) atoms. The Balaban J connectivity index is 1.74. The second-order valence-electron chi connectivity index (χ2n) is 7.96. The molecule has 2 aromatic rings. The van der Waals surface area contributed by atoms with Gasteiger partial charge in [-0.3, -0.25) is 9.59 Å². The molecule has 1 fully saturated rings. The number of rotatable bonds is 9. The summed E-state index contributed by atoms with van der Waals surface area (Å²) in [5.41, 5.74) is 1.67. The highest BCUT2D eigenvalue weighted by Crippen LogP contribution is 2.38. The van der Waals surface area contributed by atoms with Crippen molar-refractivity contribution in [2.24, 2.45) is 0 Å². The smallest absolute Gasteiger partial charge is 0.242 e. The monoisotopic (exact) mass is 472 g/mol. The van der Waals surface area contributed by atoms with Crippen molar-refractivity contribution in [2.75, 3.05) is 55.2 Å². The lowest BCUT2D eigenvalue weighted by molar-refractivity contribution is -0.138. The van der Waals surface area contributed by atoms with Gasteiger partial charge in [0.15, 0.2) is 11.5 Å². The number of ether oxygens (including phenoxy) is 5. The van der Waals surface area contributed by atoms with Crippen LogP contribution in [-0.2, 0) is 27.3 Å². The van der Waals surface area contributed by atoms with E-state index in [0.29, 0.717) is 42.4 Å². The third kappa shape index (κ3) is 5.91. The summed E-state index contributed by atoms with van der Waals surface area (Å²) in [6.07, 6.45) is -0.215. The minimum absolute atomic E-state index is 0.0146. The average Bonchev–Trinajstić information content (AvgIpc) is 3.02. The van der Waals surface area contributed by atoms with E-state index >= 15 is 0 Å². The second kappa shape index (κ2) is 11.6. The summed E-state index contributed by atoms with van der Waals surface area (Å²) in [4.78, 5) is 29.5. The maximum Gasteiger partial charge on any atom is 0.242 e. The van der Waals surface area contributed by atoms with E-state index in [2.05, 4.69) is 0 Å². The summed E-state index contributed by atoms with van der Waals surface area (Å²) in [6, 6.07) is 11.0. The Morgan fingerprint density at radius 1 is 0.882 bits per heavy atom. The Labute approximate surface area is 200 Å². The van der Waals surface area contributed by atoms with Crippen molar-refractivity contribution in [3.8, 4) is 23.0 Å². The predicted molar refractivity (Wildman–Crippen MR) is 126 cm³/mol. The Hall–Kier alpha value is -3.46. The predicted octanol–water partition coefficient (Wildman–Crippen LogP) is 2.15. The van der Waals surface area contributed by atoms with Crippen LogP contribution < -0.4 is 18.9 Å². The van der Waals surface area contributed by atoms with Crippen molar-refractivity contribution < 1.29 is 33.3 Å². The quantitative estimate of drug-likeness (QED) is 0.553. The maximum absolute atomic E-state index is 13.2. The molecule has 0 N–H and O–H groups in total. The summed E-state index contributed by atoms with van der Waals surface area (Å²) in [5.74, 6) is 1.84. The first-order chi connectivity index (χ1) is 16.4. The molecule has 1 aliphatic rings. The van der Waals surface area contributed by atoms with Crippen molar-refractivity contribution in [3.05, 3.63) is 47.5 Å². The maximum atomic E-state index is 13.2. The Morgan fingerprint density at radius 2 is 1.53 bits per heavy atom. The van der Waals surface area contributed by atoms with Gasteiger partial charge in [0.05, 0.1) is 47.5 Å². The van der Waals surface area contributed by atoms with Gasteiger partial charge in [0.2, 0.25) is 17.6 Å². The highest BCUT2D eigenvalue weighted by molar-refractivity contribution is 5.86. The molecule has 184 valence electrons. The molecule has 0 unspecified atom stereocenters. The van der Waals surface area contributed by atoms with Gasteiger partial charge in [-0.05, 0) is 35.4 Å². The van der Waals surface area contributed by atoms with Crippen LogP contribution in [0.2, 0.25) is 0 Å². The number of carbonyl (C=O) groups is 2. The topological polar surface area (TPSA) is 86.8 Å². The lowest BCUT2D eigenvalue weighted by atomic mass is 10.1. The standard InChI is InChI=1S/C25H32N2O7/c1-30-19-8-6-17(7-9-19)13-26-14-20(31-2)15-27(16-24(26)29)23(28)12-18-10-21(32-3)25(34-5)22(11-18)33-4/h6-11,20H,12-16H2,1-5H3/t20-/m0/s1. The van der Waals surface area contributed by atoms with Crippen LogP contribution in [0, 0.1) is 0 Å². The van der Waals surface area contributed by atoms with Crippen LogP contribution in [0.3, 0.4) is 0 Å². The number of hydrogen-bond donors (Lipinski definition) is 0. The summed E-state index contributed by atoms with van der Waals surface area (Å²) in [6.45, 7) is 1.14. The Bertz CT molecular complexity index is 968. The van der Waals surface area contributed by atoms with E-state index < -0.39 is 0 Å². The van der Waals surface area contributed by atoms with E-state index in [1.54, 1.807) is 36.2 Å². The van der Waals surface area contributed by atoms with Crippen molar-refractivity contribution in [3.63, 3.8) is 0 Å². The fourth-order valence-electron chi connectivity index (χ4n) is 3.95. The van der Waals surface area contributed by atoms with Crippen LogP contribution in [0.4, 0.5) is 0 Å². The van der Waals surface area contributed by atoms with Crippen LogP contribution in [0.5, 0.6) is 23.0 Å². The summed E-state index contributed by atoms with van der Waals surface area (Å²) < 4.78 is 26.9. The first-order valence-corrected chi connectivity index (χ1v) is 10.9. The van der Waals surface area contributed by atoms with Crippen molar-refractivity contribution in [1.82, 2.24) is 9.80 Å². The highest BCUT2D eigenvalue weighted by Gasteiger charge is 2.30. The summed E-state index contributed by atoms with van der Waals surface area (Å²) in [7, 11) is 7.78. The van der Waals surface area contributed by atoms with Gasteiger partial charge in [-0.2, -0.15) is 0 Å². The molecule has 1 saturated heterocycles. The van der Waals surface area contributed by atoms with Crippen LogP contribution in [0.25, 0.3) is 0 Å². The SMILES string of the molecule is COc1ccc(CN2C[C@H](OC)CN(C(=O)Cc3cc(OC)c(OC)c(OC)c3)CC2=O)cc1. The third-order valence-corrected chi connectivity index (χ3v) is 5.83. The molecular formula is C25H32N2O7. The van der Waals surface area contributed by atoms with Gasteiger partial charge < -0.3 is 33.5 Å². The van der Waals surface area contributed by atoms with E-state index in [-0.39, 0.29) is 30.9 Å². The number of benzene rings is 2. The fraction of sp³-hybridized carbons (Fsp3) is 0.440. The fourth-order valence-corrected chi connectivity index (χ4v) is 3.95. The van der Waals surface area contributed by atoms with Crippen LogP contribution in [0.1, 0.15) is 11.1 Å². The molecule has 2 amide bonds. The molecule has 0 saturated carbocycles. The molecule has 1 atom stereocenters. The minimum Gasteiger partial charge on any atom is -0.497 e. The zero-order chi connectivity index (χ0) is 24.7. The van der Waals surface area contributed by atoms with Crippen LogP contribution >= 0.6 is 0 Å². The molecule has 0 spiro atoms. The summed E-state index contributed by atoms with van der Waals surface area (Å²) in [5, 5.41) is 0. The van der Waals surface area contributed by atoms with Gasteiger partial charge >= 0.3 is 0 Å². The van der Waals surface area contributed by atoms with E-state index in [4.69, 9.17) is 23.7 Å². The molecule has 0 aliphatic carbocycles. The van der Waals surface area contributed by atoms with Crippen LogP contribution in [-0.4, -0.2) is 82.9 Å². The zero-order valence-electron chi connectivity index (χ0n) is 20.3. The molecule has 3 rings (SSSR count). The number of nitrogens with zero attached hydrogens (tertiary/aromatic N) is 2. The molecule has 0 aromatic heterocycles. The van der Waals surface area contributed by atoms with Gasteiger partial charge in [0.25, 0.3) is 0 Å².